The predicted molar refractivity (Wildman–Crippen MR) is 97.2 cm³/mol. The molecule has 1 unspecified atom stereocenters. The molecular formula is C18H12Cl2NaO4P. The van der Waals surface area contributed by atoms with Crippen molar-refractivity contribution in [1.29, 1.82) is 0 Å². The van der Waals surface area contributed by atoms with Crippen LogP contribution in [-0.4, -0.2) is 0 Å². The van der Waals surface area contributed by atoms with Gasteiger partial charge in [-0.2, -0.15) is 0 Å². The summed E-state index contributed by atoms with van der Waals surface area (Å²) >= 11 is 12.5. The molecular weight excluding hydrogens is 405 g/mol. The third kappa shape index (κ3) is 5.51. The number of para-hydroxylation sites is 1. The van der Waals surface area contributed by atoms with Gasteiger partial charge in [-0.15, -0.1) is 0 Å². The first-order valence-electron chi connectivity index (χ1n) is 7.24. The third-order valence-corrected chi connectivity index (χ3v) is 4.72. The van der Waals surface area contributed by atoms with Gasteiger partial charge in [-0.05, 0) is 17.7 Å². The minimum atomic E-state index is -4.63. The second-order valence-corrected chi connectivity index (χ2v) is 7.14. The molecule has 0 heterocycles. The second kappa shape index (κ2) is 9.29. The maximum Gasteiger partial charge on any atom is 1.00 e. The van der Waals surface area contributed by atoms with E-state index in [1.54, 1.807) is 18.2 Å². The van der Waals surface area contributed by atoms with Gasteiger partial charge in [0.2, 0.25) is 0 Å². The molecule has 3 aromatic carbocycles. The Bertz CT molecular complexity index is 900. The summed E-state index contributed by atoms with van der Waals surface area (Å²) < 4.78 is 21.9. The standard InChI is InChI=1S/C18H13Cl2O4P.Na/c19-16-11-15(12-17(20)18(16)13-7-3-1-4-8-13)24-25(21,22)23-14-9-5-2-6-10-14;/h1-12H,(H,21,22);/q;+1/p-1. The van der Waals surface area contributed by atoms with E-state index in [-0.39, 0.29) is 51.1 Å². The van der Waals surface area contributed by atoms with Crippen LogP contribution in [-0.2, 0) is 4.57 Å². The molecule has 0 amide bonds. The number of hydrogen-bond donors (Lipinski definition) is 0. The molecule has 0 aromatic heterocycles. The number of phosphoric acid groups is 1. The van der Waals surface area contributed by atoms with Crippen molar-refractivity contribution in [3.8, 4) is 22.6 Å². The molecule has 0 aliphatic carbocycles. The Morgan fingerprint density at radius 1 is 0.769 bits per heavy atom. The van der Waals surface area contributed by atoms with E-state index in [9.17, 15) is 9.46 Å². The van der Waals surface area contributed by atoms with Crippen LogP contribution < -0.4 is 43.5 Å². The molecule has 4 nitrogen and oxygen atoms in total. The van der Waals surface area contributed by atoms with E-state index in [1.807, 2.05) is 30.3 Å². The Balaban J connectivity index is 0.00000243. The molecule has 1 atom stereocenters. The predicted octanol–water partition coefficient (Wildman–Crippen LogP) is 2.59. The van der Waals surface area contributed by atoms with E-state index in [4.69, 9.17) is 32.2 Å². The van der Waals surface area contributed by atoms with Crippen molar-refractivity contribution in [3.63, 3.8) is 0 Å². The maximum atomic E-state index is 12.0. The smallest absolute Gasteiger partial charge is 0.736 e. The van der Waals surface area contributed by atoms with Gasteiger partial charge in [0.25, 0.3) is 0 Å². The van der Waals surface area contributed by atoms with Gasteiger partial charge in [0.05, 0.1) is 10.0 Å². The van der Waals surface area contributed by atoms with E-state index in [1.165, 1.54) is 24.3 Å². The molecule has 3 rings (SSSR count). The van der Waals surface area contributed by atoms with Gasteiger partial charge in [0.15, 0.2) is 0 Å². The van der Waals surface area contributed by atoms with Crippen LogP contribution in [0.25, 0.3) is 11.1 Å². The number of benzene rings is 3. The molecule has 0 aliphatic rings. The first kappa shape index (κ1) is 21.3. The van der Waals surface area contributed by atoms with Crippen molar-refractivity contribution >= 4 is 31.0 Å². The average molecular weight is 417 g/mol. The molecule has 0 bridgehead atoms. The van der Waals surface area contributed by atoms with Crippen LogP contribution in [0.1, 0.15) is 0 Å². The first-order valence-corrected chi connectivity index (χ1v) is 9.46. The Morgan fingerprint density at radius 3 is 1.77 bits per heavy atom. The zero-order chi connectivity index (χ0) is 17.9. The molecule has 0 saturated carbocycles. The summed E-state index contributed by atoms with van der Waals surface area (Å²) in [7, 11) is -4.63. The van der Waals surface area contributed by atoms with Crippen LogP contribution in [0.2, 0.25) is 10.0 Å². The van der Waals surface area contributed by atoms with Crippen LogP contribution >= 0.6 is 31.0 Å². The van der Waals surface area contributed by atoms with Gasteiger partial charge < -0.3 is 13.9 Å². The summed E-state index contributed by atoms with van der Waals surface area (Å²) in [4.78, 5) is 12.0. The van der Waals surface area contributed by atoms with E-state index in [0.29, 0.717) is 5.56 Å². The Labute approximate surface area is 183 Å². The van der Waals surface area contributed by atoms with E-state index in [0.717, 1.165) is 5.56 Å². The van der Waals surface area contributed by atoms with Crippen molar-refractivity contribution in [2.75, 3.05) is 0 Å². The van der Waals surface area contributed by atoms with Crippen molar-refractivity contribution in [2.24, 2.45) is 0 Å². The first-order chi connectivity index (χ1) is 11.9. The van der Waals surface area contributed by atoms with Gasteiger partial charge in [0.1, 0.15) is 11.5 Å². The quantitative estimate of drug-likeness (QED) is 0.473. The number of phosphoric ester groups is 1. The zero-order valence-electron chi connectivity index (χ0n) is 13.8. The van der Waals surface area contributed by atoms with Gasteiger partial charge >= 0.3 is 37.4 Å². The fourth-order valence-corrected chi connectivity index (χ4v) is 3.71. The summed E-state index contributed by atoms with van der Waals surface area (Å²) in [6.07, 6.45) is 0. The van der Waals surface area contributed by atoms with E-state index in [2.05, 4.69) is 0 Å². The fourth-order valence-electron chi connectivity index (χ4n) is 2.24. The van der Waals surface area contributed by atoms with Crippen LogP contribution in [0.4, 0.5) is 0 Å². The van der Waals surface area contributed by atoms with Crippen molar-refractivity contribution in [2.45, 2.75) is 0 Å². The Kier molecular flexibility index (Phi) is 7.63. The van der Waals surface area contributed by atoms with E-state index < -0.39 is 7.82 Å². The minimum absolute atomic E-state index is 0. The molecule has 128 valence electrons. The molecule has 0 saturated heterocycles. The monoisotopic (exact) mass is 416 g/mol. The van der Waals surface area contributed by atoms with Crippen LogP contribution in [0.5, 0.6) is 11.5 Å². The summed E-state index contributed by atoms with van der Waals surface area (Å²) in [6, 6.07) is 20.1. The molecule has 0 radical (unpaired) electrons. The van der Waals surface area contributed by atoms with Crippen molar-refractivity contribution < 1.29 is 48.1 Å². The Morgan fingerprint density at radius 2 is 1.23 bits per heavy atom. The summed E-state index contributed by atoms with van der Waals surface area (Å²) in [5.41, 5.74) is 1.41. The molecule has 3 aromatic rings. The van der Waals surface area contributed by atoms with Gasteiger partial charge in [-0.3, -0.25) is 0 Å². The molecule has 8 heteroatoms. The largest absolute Gasteiger partial charge is 1.00 e. The second-order valence-electron chi connectivity index (χ2n) is 5.07. The number of halogens is 2. The molecule has 0 spiro atoms. The van der Waals surface area contributed by atoms with Gasteiger partial charge in [-0.25, -0.2) is 4.57 Å². The van der Waals surface area contributed by atoms with E-state index >= 15 is 0 Å². The van der Waals surface area contributed by atoms with Gasteiger partial charge in [-0.1, -0.05) is 71.7 Å². The normalized spacial score (nSPS) is 12.6. The average Bonchev–Trinajstić information content (AvgIpc) is 2.55. The van der Waals surface area contributed by atoms with Crippen molar-refractivity contribution in [1.82, 2.24) is 0 Å². The van der Waals surface area contributed by atoms with Crippen molar-refractivity contribution in [3.05, 3.63) is 82.8 Å². The molecule has 0 fully saturated rings. The van der Waals surface area contributed by atoms with Crippen LogP contribution in [0.3, 0.4) is 0 Å². The molecule has 0 aliphatic heterocycles. The SMILES string of the molecule is O=P([O-])(Oc1ccccc1)Oc1cc(Cl)c(-c2ccccc2)c(Cl)c1.[Na+]. The third-order valence-electron chi connectivity index (χ3n) is 3.26. The Hall–Kier alpha value is -0.970. The summed E-state index contributed by atoms with van der Waals surface area (Å²) in [5, 5.41) is 0.543. The van der Waals surface area contributed by atoms with Crippen LogP contribution in [0.15, 0.2) is 72.8 Å². The molecule has 26 heavy (non-hydrogen) atoms. The number of rotatable bonds is 5. The van der Waals surface area contributed by atoms with Crippen LogP contribution in [0, 0.1) is 0 Å². The zero-order valence-corrected chi connectivity index (χ0v) is 18.2. The van der Waals surface area contributed by atoms with Gasteiger partial charge in [0, 0.05) is 17.7 Å². The topological polar surface area (TPSA) is 58.6 Å². The summed E-state index contributed by atoms with van der Waals surface area (Å²) in [6.45, 7) is 0. The fraction of sp³-hybridized carbons (Fsp3) is 0. The molecule has 0 N–H and O–H groups in total. The summed E-state index contributed by atoms with van der Waals surface area (Å²) in [5.74, 6) is 0.128. The number of hydrogen-bond acceptors (Lipinski definition) is 4. The minimum Gasteiger partial charge on any atom is -0.736 e. The maximum absolute atomic E-state index is 12.0.